The summed E-state index contributed by atoms with van der Waals surface area (Å²) in [6.07, 6.45) is 1.16. The molecule has 146 valence electrons. The van der Waals surface area contributed by atoms with Crippen LogP contribution in [0.5, 0.6) is 0 Å². The van der Waals surface area contributed by atoms with E-state index in [4.69, 9.17) is 5.73 Å². The van der Waals surface area contributed by atoms with Crippen molar-refractivity contribution in [3.63, 3.8) is 0 Å². The Balaban J connectivity index is 7.09. The maximum Gasteiger partial charge on any atom is 0.0801 e. The molecule has 2 N–H and O–H groups in total. The molecule has 0 amide bonds. The number of hydrogen-bond donors (Lipinski definition) is 1. The number of rotatable bonds is 9. The van der Waals surface area contributed by atoms with E-state index in [9.17, 15) is 0 Å². The lowest BCUT2D eigenvalue weighted by Gasteiger charge is -2.66. The summed E-state index contributed by atoms with van der Waals surface area (Å²) in [6.45, 7) is 32.3. The zero-order valence-corrected chi connectivity index (χ0v) is 21.2. The first kappa shape index (κ1) is 24.4. The van der Waals surface area contributed by atoms with Crippen LogP contribution in [-0.2, 0) is 0 Å². The molecule has 3 heteroatoms. The predicted molar refractivity (Wildman–Crippen MR) is 119 cm³/mol. The van der Waals surface area contributed by atoms with Crippen molar-refractivity contribution in [2.75, 3.05) is 0 Å². The third-order valence-electron chi connectivity index (χ3n) is 7.84. The van der Waals surface area contributed by atoms with Crippen LogP contribution < -0.4 is 5.73 Å². The van der Waals surface area contributed by atoms with Crippen molar-refractivity contribution in [3.05, 3.63) is 0 Å². The van der Waals surface area contributed by atoms with E-state index in [0.717, 1.165) is 39.7 Å². The number of nitrogens with two attached hydrogens (primary N) is 1. The fourth-order valence-electron chi connectivity index (χ4n) is 8.08. The molecule has 0 aliphatic heterocycles. The zero-order chi connectivity index (χ0) is 19.7. The molecule has 0 unspecified atom stereocenters. The SMILES string of the molecule is CCC(N)([Si](C(C)C)(C(C)C)C(C)C)[Si](C(C)C)(C(C)C)C(C)C. The molecular formula is C21H49NSi2. The van der Waals surface area contributed by atoms with Gasteiger partial charge in [-0.15, -0.1) is 0 Å². The lowest BCUT2D eigenvalue weighted by Crippen LogP contribution is -2.83. The average molecular weight is 372 g/mol. The smallest absolute Gasteiger partial charge is 0.0801 e. The van der Waals surface area contributed by atoms with Crippen molar-refractivity contribution in [2.24, 2.45) is 5.73 Å². The van der Waals surface area contributed by atoms with Crippen LogP contribution in [0.25, 0.3) is 0 Å². The first-order chi connectivity index (χ1) is 10.7. The summed E-state index contributed by atoms with van der Waals surface area (Å²) >= 11 is 0. The highest BCUT2D eigenvalue weighted by molar-refractivity contribution is 7.05. The van der Waals surface area contributed by atoms with Crippen molar-refractivity contribution >= 4 is 16.1 Å². The van der Waals surface area contributed by atoms with Crippen LogP contribution in [-0.4, -0.2) is 20.9 Å². The topological polar surface area (TPSA) is 26.0 Å². The van der Waals surface area contributed by atoms with Crippen molar-refractivity contribution < 1.29 is 0 Å². The van der Waals surface area contributed by atoms with E-state index in [2.05, 4.69) is 90.0 Å². The van der Waals surface area contributed by atoms with Gasteiger partial charge in [0.15, 0.2) is 0 Å². The zero-order valence-electron chi connectivity index (χ0n) is 19.2. The summed E-state index contributed by atoms with van der Waals surface area (Å²) in [5.74, 6) is 0. The van der Waals surface area contributed by atoms with Crippen LogP contribution in [0.1, 0.15) is 96.4 Å². The van der Waals surface area contributed by atoms with E-state index in [1.165, 1.54) is 0 Å². The Bertz CT molecular complexity index is 308. The van der Waals surface area contributed by atoms with Gasteiger partial charge >= 0.3 is 0 Å². The van der Waals surface area contributed by atoms with E-state index < -0.39 is 16.1 Å². The maximum atomic E-state index is 7.78. The van der Waals surface area contributed by atoms with Gasteiger partial charge in [-0.25, -0.2) is 0 Å². The van der Waals surface area contributed by atoms with E-state index in [1.807, 2.05) is 0 Å². The van der Waals surface area contributed by atoms with Crippen LogP contribution >= 0.6 is 0 Å². The summed E-state index contributed by atoms with van der Waals surface area (Å²) in [7, 11) is -3.53. The Morgan fingerprint density at radius 3 is 0.792 bits per heavy atom. The summed E-state index contributed by atoms with van der Waals surface area (Å²) in [6, 6.07) is 0. The summed E-state index contributed by atoms with van der Waals surface area (Å²) in [5, 5.41) is 0. The van der Waals surface area contributed by atoms with Crippen molar-refractivity contribution in [1.82, 2.24) is 0 Å². The fraction of sp³-hybridized carbons (Fsp3) is 1.00. The second-order valence-corrected chi connectivity index (χ2v) is 23.1. The molecule has 0 atom stereocenters. The highest BCUT2D eigenvalue weighted by Crippen LogP contribution is 2.59. The highest BCUT2D eigenvalue weighted by atomic mass is 28.4. The Labute approximate surface area is 156 Å². The van der Waals surface area contributed by atoms with Gasteiger partial charge in [-0.3, -0.25) is 0 Å². The first-order valence-corrected chi connectivity index (χ1v) is 15.0. The maximum absolute atomic E-state index is 7.78. The summed E-state index contributed by atoms with van der Waals surface area (Å²) in [4.78, 5) is 0.0764. The van der Waals surface area contributed by atoms with Gasteiger partial charge < -0.3 is 5.73 Å². The molecule has 0 bridgehead atoms. The summed E-state index contributed by atoms with van der Waals surface area (Å²) in [5.41, 5.74) is 12.1. The van der Waals surface area contributed by atoms with Gasteiger partial charge in [0.1, 0.15) is 0 Å². The molecular weight excluding hydrogens is 322 g/mol. The quantitative estimate of drug-likeness (QED) is 0.416. The molecule has 0 radical (unpaired) electrons. The van der Waals surface area contributed by atoms with Gasteiger partial charge in [0.2, 0.25) is 0 Å². The van der Waals surface area contributed by atoms with Gasteiger partial charge in [0, 0.05) is 4.79 Å². The normalized spacial score (nSPS) is 15.0. The molecule has 0 aromatic rings. The minimum absolute atomic E-state index is 0.0764. The summed E-state index contributed by atoms with van der Waals surface area (Å²) < 4.78 is 0. The molecule has 0 aromatic carbocycles. The third kappa shape index (κ3) is 3.11. The standard InChI is InChI=1S/C21H49NSi2/c1-14-21(22,23(15(2)3,16(4)5)17(6)7)24(18(8)9,19(10)11)20(12)13/h15-20H,14,22H2,1-13H3. The van der Waals surface area contributed by atoms with Crippen molar-refractivity contribution in [3.8, 4) is 0 Å². The molecule has 1 nitrogen and oxygen atoms in total. The van der Waals surface area contributed by atoms with Gasteiger partial charge in [0.25, 0.3) is 0 Å². The Morgan fingerprint density at radius 2 is 0.708 bits per heavy atom. The molecule has 0 fully saturated rings. The minimum Gasteiger partial charge on any atom is -0.330 e. The molecule has 0 rings (SSSR count). The average Bonchev–Trinajstić information content (AvgIpc) is 2.36. The molecule has 0 aliphatic rings. The molecule has 0 aliphatic carbocycles. The third-order valence-corrected chi connectivity index (χ3v) is 25.7. The molecule has 0 aromatic heterocycles. The minimum atomic E-state index is -1.77. The largest absolute Gasteiger partial charge is 0.330 e. The van der Waals surface area contributed by atoms with Crippen molar-refractivity contribution in [1.29, 1.82) is 0 Å². The van der Waals surface area contributed by atoms with Crippen LogP contribution in [0.15, 0.2) is 0 Å². The Morgan fingerprint density at radius 1 is 0.542 bits per heavy atom. The van der Waals surface area contributed by atoms with E-state index in [1.54, 1.807) is 0 Å². The molecule has 0 saturated heterocycles. The lowest BCUT2D eigenvalue weighted by molar-refractivity contribution is 0.582. The predicted octanol–water partition coefficient (Wildman–Crippen LogP) is 7.53. The molecule has 0 saturated carbocycles. The van der Waals surface area contributed by atoms with E-state index >= 15 is 0 Å². The molecule has 24 heavy (non-hydrogen) atoms. The first-order valence-electron chi connectivity index (χ1n) is 10.5. The lowest BCUT2D eigenvalue weighted by atomic mass is 10.4. The van der Waals surface area contributed by atoms with Crippen LogP contribution in [0.3, 0.4) is 0 Å². The van der Waals surface area contributed by atoms with Crippen LogP contribution in [0.2, 0.25) is 33.2 Å². The van der Waals surface area contributed by atoms with E-state index in [-0.39, 0.29) is 4.79 Å². The fourth-order valence-corrected chi connectivity index (χ4v) is 31.7. The second-order valence-electron chi connectivity index (χ2n) is 10.1. The van der Waals surface area contributed by atoms with Gasteiger partial charge in [-0.1, -0.05) is 90.0 Å². The van der Waals surface area contributed by atoms with Crippen molar-refractivity contribution in [2.45, 2.75) is 134 Å². The second kappa shape index (κ2) is 8.39. The Hall–Kier alpha value is 0.394. The van der Waals surface area contributed by atoms with Gasteiger partial charge in [-0.05, 0) is 39.7 Å². The van der Waals surface area contributed by atoms with Gasteiger partial charge in [-0.2, -0.15) is 0 Å². The number of hydrogen-bond acceptors (Lipinski definition) is 1. The van der Waals surface area contributed by atoms with E-state index in [0.29, 0.717) is 0 Å². The van der Waals surface area contributed by atoms with Crippen LogP contribution in [0.4, 0.5) is 0 Å². The van der Waals surface area contributed by atoms with Gasteiger partial charge in [0.05, 0.1) is 16.1 Å². The molecule has 0 spiro atoms. The monoisotopic (exact) mass is 371 g/mol. The Kier molecular flexibility index (Phi) is 8.53. The van der Waals surface area contributed by atoms with Crippen LogP contribution in [0, 0.1) is 0 Å². The highest BCUT2D eigenvalue weighted by Gasteiger charge is 2.67. The molecule has 0 heterocycles.